The molecule has 0 aliphatic heterocycles. The third kappa shape index (κ3) is 5.85. The van der Waals surface area contributed by atoms with Gasteiger partial charge >= 0.3 is 12.3 Å². The van der Waals surface area contributed by atoms with Crippen LogP contribution >= 0.6 is 0 Å². The Balaban J connectivity index is 1.58. The van der Waals surface area contributed by atoms with Crippen molar-refractivity contribution < 1.29 is 32.6 Å². The van der Waals surface area contributed by atoms with Crippen LogP contribution in [0.2, 0.25) is 0 Å². The lowest BCUT2D eigenvalue weighted by Crippen LogP contribution is -2.30. The Hall–Kier alpha value is -3.03. The smallest absolute Gasteiger partial charge is 0.478 e. The molecule has 2 aliphatic rings. The van der Waals surface area contributed by atoms with E-state index in [4.69, 9.17) is 0 Å². The molecule has 0 spiro atoms. The molecule has 2 aliphatic carbocycles. The summed E-state index contributed by atoms with van der Waals surface area (Å²) < 4.78 is 42.9. The van der Waals surface area contributed by atoms with Crippen molar-refractivity contribution in [2.75, 3.05) is 0 Å². The van der Waals surface area contributed by atoms with Crippen LogP contribution in [0.1, 0.15) is 102 Å². The Labute approximate surface area is 209 Å². The number of amides is 1. The maximum Gasteiger partial charge on any atom is 0.573 e. The molecular formula is C28H32F3NO4. The molecule has 194 valence electrons. The van der Waals surface area contributed by atoms with Gasteiger partial charge in [0.25, 0.3) is 5.91 Å². The standard InChI is InChI=1S/C28H32F3NO4/c1-27(2,3)19-8-4-16(5-9-19)23-15-20(36-28(29,30)31)10-12-22(23)25(33)32-24-13-7-17-14-18(26(34)35)6-11-21(17)24/h6,10-12,14-16,19,24H,4-5,7-9,13H2,1-3H3,(H,32,33)(H,34,35)/t16-,19-,24?. The first-order valence-electron chi connectivity index (χ1n) is 12.4. The molecule has 8 heteroatoms. The van der Waals surface area contributed by atoms with Gasteiger partial charge in [0.1, 0.15) is 5.75 Å². The highest BCUT2D eigenvalue weighted by Gasteiger charge is 2.35. The van der Waals surface area contributed by atoms with E-state index in [0.29, 0.717) is 29.9 Å². The molecule has 0 radical (unpaired) electrons. The summed E-state index contributed by atoms with van der Waals surface area (Å²) in [6.45, 7) is 6.61. The summed E-state index contributed by atoms with van der Waals surface area (Å²) in [6.07, 6.45) is -0.0605. The van der Waals surface area contributed by atoms with Crippen molar-refractivity contribution in [3.8, 4) is 5.75 Å². The average Bonchev–Trinajstić information content (AvgIpc) is 3.19. The first-order valence-corrected chi connectivity index (χ1v) is 12.4. The second kappa shape index (κ2) is 9.79. The van der Waals surface area contributed by atoms with Crippen LogP contribution in [0.25, 0.3) is 0 Å². The van der Waals surface area contributed by atoms with Gasteiger partial charge in [-0.1, -0.05) is 26.8 Å². The Bertz CT molecular complexity index is 1140. The zero-order chi connectivity index (χ0) is 26.3. The molecule has 1 unspecified atom stereocenters. The van der Waals surface area contributed by atoms with Crippen molar-refractivity contribution in [2.45, 2.75) is 77.6 Å². The van der Waals surface area contributed by atoms with Gasteiger partial charge in [-0.05, 0) is 103 Å². The van der Waals surface area contributed by atoms with E-state index in [1.54, 1.807) is 12.1 Å². The molecule has 2 aromatic carbocycles. The summed E-state index contributed by atoms with van der Waals surface area (Å²) in [7, 11) is 0. The van der Waals surface area contributed by atoms with Gasteiger partial charge in [0.15, 0.2) is 0 Å². The molecule has 1 amide bonds. The Morgan fingerprint density at radius 2 is 1.64 bits per heavy atom. The summed E-state index contributed by atoms with van der Waals surface area (Å²) in [5.41, 5.74) is 3.06. The Morgan fingerprint density at radius 3 is 2.25 bits per heavy atom. The molecule has 2 N–H and O–H groups in total. The minimum atomic E-state index is -4.81. The van der Waals surface area contributed by atoms with Crippen LogP contribution in [0, 0.1) is 11.3 Å². The lowest BCUT2D eigenvalue weighted by molar-refractivity contribution is -0.274. The van der Waals surface area contributed by atoms with Crippen LogP contribution < -0.4 is 10.1 Å². The summed E-state index contributed by atoms with van der Waals surface area (Å²) in [4.78, 5) is 24.7. The molecule has 0 aromatic heterocycles. The monoisotopic (exact) mass is 503 g/mol. The van der Waals surface area contributed by atoms with Gasteiger partial charge in [-0.3, -0.25) is 4.79 Å². The van der Waals surface area contributed by atoms with Crippen molar-refractivity contribution in [1.82, 2.24) is 5.32 Å². The van der Waals surface area contributed by atoms with Crippen LogP contribution in [0.4, 0.5) is 13.2 Å². The van der Waals surface area contributed by atoms with E-state index in [1.807, 2.05) is 0 Å². The number of fused-ring (bicyclic) bond motifs is 1. The maximum absolute atomic E-state index is 13.4. The number of ether oxygens (including phenoxy) is 1. The maximum atomic E-state index is 13.4. The lowest BCUT2D eigenvalue weighted by Gasteiger charge is -2.37. The van der Waals surface area contributed by atoms with Crippen LogP contribution in [0.15, 0.2) is 36.4 Å². The highest BCUT2D eigenvalue weighted by Crippen LogP contribution is 2.45. The van der Waals surface area contributed by atoms with Crippen molar-refractivity contribution >= 4 is 11.9 Å². The first kappa shape index (κ1) is 26.0. The van der Waals surface area contributed by atoms with Crippen molar-refractivity contribution in [2.24, 2.45) is 11.3 Å². The third-order valence-electron chi connectivity index (χ3n) is 7.67. The van der Waals surface area contributed by atoms with Gasteiger partial charge in [0, 0.05) is 5.56 Å². The van der Waals surface area contributed by atoms with Crippen molar-refractivity contribution in [3.05, 3.63) is 64.2 Å². The molecule has 0 saturated heterocycles. The number of hydrogen-bond donors (Lipinski definition) is 2. The number of rotatable bonds is 5. The minimum Gasteiger partial charge on any atom is -0.478 e. The number of carboxylic acids is 1. The van der Waals surface area contributed by atoms with Gasteiger partial charge in [-0.15, -0.1) is 13.2 Å². The number of nitrogens with one attached hydrogen (secondary N) is 1. The molecule has 1 saturated carbocycles. The summed E-state index contributed by atoms with van der Waals surface area (Å²) in [6, 6.07) is 8.57. The fraction of sp³-hybridized carbons (Fsp3) is 0.500. The second-order valence-corrected chi connectivity index (χ2v) is 11.0. The molecule has 2 aromatic rings. The SMILES string of the molecule is CC(C)(C)[C@H]1CC[C@H](c2cc(OC(F)(F)F)ccc2C(=O)NC2CCc3cc(C(=O)O)ccc32)CC1. The third-order valence-corrected chi connectivity index (χ3v) is 7.67. The first-order chi connectivity index (χ1) is 16.8. The van der Waals surface area contributed by atoms with Gasteiger partial charge in [-0.2, -0.15) is 0 Å². The van der Waals surface area contributed by atoms with Crippen LogP contribution in [0.5, 0.6) is 5.75 Å². The van der Waals surface area contributed by atoms with E-state index < -0.39 is 12.3 Å². The number of benzene rings is 2. The fourth-order valence-corrected chi connectivity index (χ4v) is 5.69. The minimum absolute atomic E-state index is 0.0323. The topological polar surface area (TPSA) is 75.6 Å². The molecule has 5 nitrogen and oxygen atoms in total. The normalized spacial score (nSPS) is 22.1. The Kier molecular flexibility index (Phi) is 7.08. The quantitative estimate of drug-likeness (QED) is 0.460. The number of carbonyl (C=O) groups is 2. The van der Waals surface area contributed by atoms with E-state index in [-0.39, 0.29) is 34.6 Å². The van der Waals surface area contributed by atoms with Gasteiger partial charge in [-0.25, -0.2) is 4.79 Å². The van der Waals surface area contributed by atoms with E-state index in [0.717, 1.165) is 36.8 Å². The van der Waals surface area contributed by atoms with Gasteiger partial charge in [0.05, 0.1) is 11.6 Å². The highest BCUT2D eigenvalue weighted by atomic mass is 19.4. The molecule has 1 fully saturated rings. The average molecular weight is 504 g/mol. The number of aryl methyl sites for hydroxylation is 1. The fourth-order valence-electron chi connectivity index (χ4n) is 5.69. The molecule has 4 rings (SSSR count). The van der Waals surface area contributed by atoms with E-state index in [9.17, 15) is 27.9 Å². The molecule has 1 atom stereocenters. The van der Waals surface area contributed by atoms with Crippen LogP contribution in [0.3, 0.4) is 0 Å². The number of hydrogen-bond acceptors (Lipinski definition) is 3. The molecule has 0 heterocycles. The molecule has 36 heavy (non-hydrogen) atoms. The number of aromatic carboxylic acids is 1. The lowest BCUT2D eigenvalue weighted by atomic mass is 9.68. The van der Waals surface area contributed by atoms with E-state index in [2.05, 4.69) is 30.8 Å². The molecule has 0 bridgehead atoms. The second-order valence-electron chi connectivity index (χ2n) is 11.0. The number of alkyl halides is 3. The largest absolute Gasteiger partial charge is 0.573 e. The summed E-state index contributed by atoms with van der Waals surface area (Å²) >= 11 is 0. The van der Waals surface area contributed by atoms with Crippen molar-refractivity contribution in [3.63, 3.8) is 0 Å². The Morgan fingerprint density at radius 1 is 0.944 bits per heavy atom. The zero-order valence-electron chi connectivity index (χ0n) is 20.7. The zero-order valence-corrected chi connectivity index (χ0v) is 20.7. The summed E-state index contributed by atoms with van der Waals surface area (Å²) in [5, 5.41) is 12.3. The highest BCUT2D eigenvalue weighted by molar-refractivity contribution is 5.96. The predicted molar refractivity (Wildman–Crippen MR) is 129 cm³/mol. The molecular weight excluding hydrogens is 471 g/mol. The predicted octanol–water partition coefficient (Wildman–Crippen LogP) is 7.02. The van der Waals surface area contributed by atoms with Gasteiger partial charge < -0.3 is 15.2 Å². The van der Waals surface area contributed by atoms with Crippen LogP contribution in [-0.2, 0) is 6.42 Å². The van der Waals surface area contributed by atoms with E-state index >= 15 is 0 Å². The number of halogens is 3. The van der Waals surface area contributed by atoms with E-state index in [1.165, 1.54) is 24.3 Å². The van der Waals surface area contributed by atoms with Gasteiger partial charge in [0.2, 0.25) is 0 Å². The summed E-state index contributed by atoms with van der Waals surface area (Å²) in [5.74, 6) is -1.18. The number of carbonyl (C=O) groups excluding carboxylic acids is 1. The van der Waals surface area contributed by atoms with Crippen LogP contribution in [-0.4, -0.2) is 23.3 Å². The van der Waals surface area contributed by atoms with Crippen molar-refractivity contribution in [1.29, 1.82) is 0 Å². The number of carboxylic acid groups (broad SMARTS) is 1.